The highest BCUT2D eigenvalue weighted by atomic mass is 79.9. The average Bonchev–Trinajstić information content (AvgIpc) is 3.24. The predicted molar refractivity (Wildman–Crippen MR) is 129 cm³/mol. The largest absolute Gasteiger partial charge is 0.399 e. The minimum Gasteiger partial charge on any atom is -0.399 e. The van der Waals surface area contributed by atoms with Crippen molar-refractivity contribution in [2.24, 2.45) is 0 Å². The van der Waals surface area contributed by atoms with Crippen molar-refractivity contribution in [2.45, 2.75) is 26.6 Å². The Bertz CT molecular complexity index is 1320. The number of halogens is 3. The fourth-order valence-electron chi connectivity index (χ4n) is 3.49. The van der Waals surface area contributed by atoms with Gasteiger partial charge >= 0.3 is 0 Å². The molecular formula is C25H22BrF2N5O. The van der Waals surface area contributed by atoms with Gasteiger partial charge in [-0.25, -0.2) is 8.78 Å². The van der Waals surface area contributed by atoms with E-state index < -0.39 is 11.6 Å². The van der Waals surface area contributed by atoms with Gasteiger partial charge in [0.2, 0.25) is 0 Å². The number of aryl methyl sites for hydroxylation is 1. The van der Waals surface area contributed by atoms with E-state index >= 15 is 0 Å². The number of carbonyl (C=O) groups is 1. The molecular weight excluding hydrogens is 504 g/mol. The molecule has 3 aromatic carbocycles. The molecule has 174 valence electrons. The third-order valence-corrected chi connectivity index (χ3v) is 6.30. The van der Waals surface area contributed by atoms with Gasteiger partial charge in [0.1, 0.15) is 18.0 Å². The fraction of sp³-hybridized carbons (Fsp3) is 0.160. The van der Waals surface area contributed by atoms with Crippen LogP contribution in [0.3, 0.4) is 0 Å². The van der Waals surface area contributed by atoms with Gasteiger partial charge in [0.05, 0.1) is 13.1 Å². The Labute approximate surface area is 204 Å². The van der Waals surface area contributed by atoms with Crippen LogP contribution in [-0.2, 0) is 19.6 Å². The number of anilines is 1. The van der Waals surface area contributed by atoms with Gasteiger partial charge in [-0.05, 0) is 48.4 Å². The highest BCUT2D eigenvalue weighted by molar-refractivity contribution is 9.10. The van der Waals surface area contributed by atoms with Crippen LogP contribution in [-0.4, -0.2) is 25.6 Å². The van der Waals surface area contributed by atoms with Crippen LogP contribution >= 0.6 is 15.9 Å². The number of amides is 1. The lowest BCUT2D eigenvalue weighted by molar-refractivity contribution is 0.0722. The lowest BCUT2D eigenvalue weighted by Crippen LogP contribution is -2.32. The number of hydrogen-bond donors (Lipinski definition) is 1. The number of carbonyl (C=O) groups excluding carboxylic acids is 1. The lowest BCUT2D eigenvalue weighted by atomic mass is 10.1. The van der Waals surface area contributed by atoms with Gasteiger partial charge in [0.15, 0.2) is 5.82 Å². The molecule has 0 aliphatic heterocycles. The molecule has 0 aliphatic carbocycles. The zero-order valence-corrected chi connectivity index (χ0v) is 20.0. The summed E-state index contributed by atoms with van der Waals surface area (Å²) in [6, 6.07) is 16.0. The second kappa shape index (κ2) is 10.1. The number of benzene rings is 3. The van der Waals surface area contributed by atoms with E-state index in [1.54, 1.807) is 18.5 Å². The highest BCUT2D eigenvalue weighted by Gasteiger charge is 2.21. The van der Waals surface area contributed by atoms with Crippen LogP contribution in [0.5, 0.6) is 0 Å². The van der Waals surface area contributed by atoms with Gasteiger partial charge in [0.25, 0.3) is 5.91 Å². The molecule has 0 saturated heterocycles. The molecule has 0 unspecified atom stereocenters. The van der Waals surface area contributed by atoms with E-state index in [0.717, 1.165) is 21.7 Å². The molecule has 4 rings (SSSR count). The predicted octanol–water partition coefficient (Wildman–Crippen LogP) is 5.10. The zero-order valence-electron chi connectivity index (χ0n) is 18.4. The fourth-order valence-corrected chi connectivity index (χ4v) is 3.87. The van der Waals surface area contributed by atoms with Crippen molar-refractivity contribution in [2.75, 3.05) is 5.73 Å². The zero-order chi connectivity index (χ0) is 24.2. The smallest absolute Gasteiger partial charge is 0.254 e. The molecule has 6 nitrogen and oxygen atoms in total. The number of nitrogens with two attached hydrogens (primary N) is 1. The van der Waals surface area contributed by atoms with Crippen LogP contribution in [0.2, 0.25) is 0 Å². The minimum absolute atomic E-state index is 0.0643. The first-order valence-corrected chi connectivity index (χ1v) is 11.3. The van der Waals surface area contributed by atoms with Crippen LogP contribution in [0.15, 0.2) is 71.5 Å². The first-order valence-electron chi connectivity index (χ1n) is 10.5. The molecule has 0 saturated carbocycles. The summed E-state index contributed by atoms with van der Waals surface area (Å²) >= 11 is 3.46. The Hall–Kier alpha value is -3.59. The summed E-state index contributed by atoms with van der Waals surface area (Å²) in [4.78, 5) is 14.9. The van der Waals surface area contributed by atoms with E-state index in [1.165, 1.54) is 17.0 Å². The maximum absolute atomic E-state index is 14.4. The molecule has 1 heterocycles. The summed E-state index contributed by atoms with van der Waals surface area (Å²) in [6.45, 7) is 2.41. The van der Waals surface area contributed by atoms with Gasteiger partial charge in [-0.2, -0.15) is 0 Å². The van der Waals surface area contributed by atoms with E-state index in [2.05, 4.69) is 26.1 Å². The molecule has 0 spiro atoms. The number of rotatable bonds is 7. The molecule has 4 aromatic rings. The Balaban J connectivity index is 1.64. The standard InChI is InChI=1S/C25H22BrF2N5O/c1-16-2-5-18(10-22(16)26)25(34)32(13-19-6-7-20(27)11-23(19)28)14-24-31-30-15-33(24)12-17-3-8-21(29)9-4-17/h2-11,15H,12-14,29H2,1H3. The monoisotopic (exact) mass is 525 g/mol. The Kier molecular flexibility index (Phi) is 7.02. The summed E-state index contributed by atoms with van der Waals surface area (Å²) in [5, 5.41) is 8.19. The summed E-state index contributed by atoms with van der Waals surface area (Å²) in [5.74, 6) is -1.18. The number of aromatic nitrogens is 3. The third kappa shape index (κ3) is 5.48. The second-order valence-corrected chi connectivity index (χ2v) is 8.83. The van der Waals surface area contributed by atoms with E-state index in [-0.39, 0.29) is 24.6 Å². The van der Waals surface area contributed by atoms with Gasteiger partial charge in [-0.15, -0.1) is 10.2 Å². The molecule has 1 aromatic heterocycles. The molecule has 0 fully saturated rings. The molecule has 0 bridgehead atoms. The van der Waals surface area contributed by atoms with Crippen LogP contribution in [0.25, 0.3) is 0 Å². The number of nitrogen functional groups attached to an aromatic ring is 1. The summed E-state index contributed by atoms with van der Waals surface area (Å²) in [7, 11) is 0. The van der Waals surface area contributed by atoms with Gasteiger partial charge in [0, 0.05) is 33.9 Å². The van der Waals surface area contributed by atoms with Crippen molar-refractivity contribution in [3.05, 3.63) is 111 Å². The van der Waals surface area contributed by atoms with Crippen LogP contribution in [0, 0.1) is 18.6 Å². The molecule has 0 aliphatic rings. The first-order chi connectivity index (χ1) is 16.3. The molecule has 34 heavy (non-hydrogen) atoms. The van der Waals surface area contributed by atoms with Crippen LogP contribution in [0.1, 0.15) is 32.9 Å². The number of nitrogens with zero attached hydrogens (tertiary/aromatic N) is 4. The summed E-state index contributed by atoms with van der Waals surface area (Å²) in [5.41, 5.74) is 9.03. The normalized spacial score (nSPS) is 10.9. The van der Waals surface area contributed by atoms with E-state index in [0.29, 0.717) is 23.6 Å². The molecule has 0 atom stereocenters. The quantitative estimate of drug-likeness (QED) is 0.340. The van der Waals surface area contributed by atoms with Crippen molar-refractivity contribution in [3.63, 3.8) is 0 Å². The molecule has 1 amide bonds. The molecule has 0 radical (unpaired) electrons. The van der Waals surface area contributed by atoms with E-state index in [9.17, 15) is 13.6 Å². The van der Waals surface area contributed by atoms with E-state index in [4.69, 9.17) is 5.73 Å². The van der Waals surface area contributed by atoms with Crippen molar-refractivity contribution in [1.82, 2.24) is 19.7 Å². The van der Waals surface area contributed by atoms with Crippen molar-refractivity contribution < 1.29 is 13.6 Å². The Morgan fingerprint density at radius 2 is 1.82 bits per heavy atom. The molecule has 9 heteroatoms. The van der Waals surface area contributed by atoms with Gasteiger partial charge < -0.3 is 15.2 Å². The average molecular weight is 526 g/mol. The van der Waals surface area contributed by atoms with Gasteiger partial charge in [-0.1, -0.05) is 40.2 Å². The minimum atomic E-state index is -0.716. The van der Waals surface area contributed by atoms with E-state index in [1.807, 2.05) is 41.8 Å². The maximum atomic E-state index is 14.4. The Morgan fingerprint density at radius 1 is 1.06 bits per heavy atom. The maximum Gasteiger partial charge on any atom is 0.254 e. The van der Waals surface area contributed by atoms with Crippen molar-refractivity contribution >= 4 is 27.5 Å². The second-order valence-electron chi connectivity index (χ2n) is 7.98. The van der Waals surface area contributed by atoms with Crippen molar-refractivity contribution in [3.8, 4) is 0 Å². The topological polar surface area (TPSA) is 77.0 Å². The number of hydrogen-bond acceptors (Lipinski definition) is 4. The van der Waals surface area contributed by atoms with Crippen LogP contribution < -0.4 is 5.73 Å². The first kappa shape index (κ1) is 23.6. The summed E-state index contributed by atoms with van der Waals surface area (Å²) in [6.07, 6.45) is 1.58. The summed E-state index contributed by atoms with van der Waals surface area (Å²) < 4.78 is 30.5. The molecule has 2 N–H and O–H groups in total. The Morgan fingerprint density at radius 3 is 2.53 bits per heavy atom. The SMILES string of the molecule is Cc1ccc(C(=O)N(Cc2ccc(F)cc2F)Cc2nncn2Cc2ccc(N)cc2)cc1Br. The van der Waals surface area contributed by atoms with Crippen LogP contribution in [0.4, 0.5) is 14.5 Å². The lowest BCUT2D eigenvalue weighted by Gasteiger charge is -2.23. The highest BCUT2D eigenvalue weighted by Crippen LogP contribution is 2.21. The van der Waals surface area contributed by atoms with Crippen molar-refractivity contribution in [1.29, 1.82) is 0 Å². The third-order valence-electron chi connectivity index (χ3n) is 5.44. The van der Waals surface area contributed by atoms with Gasteiger partial charge in [-0.3, -0.25) is 4.79 Å².